The zero-order valence-corrected chi connectivity index (χ0v) is 10.6. The van der Waals surface area contributed by atoms with Gasteiger partial charge >= 0.3 is 0 Å². The van der Waals surface area contributed by atoms with Crippen LogP contribution in [0.4, 0.5) is 0 Å². The molecule has 1 rings (SSSR count). The number of aliphatic hydroxyl groups is 1. The first-order valence-corrected chi connectivity index (χ1v) is 6.92. The minimum absolute atomic E-state index is 0.0643. The maximum atomic E-state index is 11.7. The van der Waals surface area contributed by atoms with Crippen LogP contribution in [-0.4, -0.2) is 33.7 Å². The van der Waals surface area contributed by atoms with Crippen LogP contribution in [-0.2, 0) is 16.6 Å². The van der Waals surface area contributed by atoms with E-state index in [2.05, 4.69) is 10.0 Å². The highest BCUT2D eigenvalue weighted by Crippen LogP contribution is 2.13. The van der Waals surface area contributed by atoms with Gasteiger partial charge in [-0.1, -0.05) is 0 Å². The van der Waals surface area contributed by atoms with Gasteiger partial charge in [0.1, 0.15) is 5.76 Å². The molecule has 0 fully saturated rings. The molecule has 17 heavy (non-hydrogen) atoms. The van der Waals surface area contributed by atoms with Gasteiger partial charge in [0.2, 0.25) is 5.09 Å². The molecule has 0 unspecified atom stereocenters. The van der Waals surface area contributed by atoms with E-state index in [1.54, 1.807) is 13.1 Å². The Hall–Kier alpha value is -0.890. The van der Waals surface area contributed by atoms with E-state index in [-0.39, 0.29) is 11.7 Å². The van der Waals surface area contributed by atoms with Crippen LogP contribution in [0.2, 0.25) is 0 Å². The first kappa shape index (κ1) is 14.2. The molecular weight excluding hydrogens is 244 g/mol. The van der Waals surface area contributed by atoms with Gasteiger partial charge in [-0.05, 0) is 32.0 Å². The summed E-state index contributed by atoms with van der Waals surface area (Å²) in [5, 5.41) is 11.4. The molecule has 0 saturated heterocycles. The van der Waals surface area contributed by atoms with Crippen molar-refractivity contribution in [1.82, 2.24) is 10.0 Å². The van der Waals surface area contributed by atoms with E-state index in [9.17, 15) is 8.42 Å². The van der Waals surface area contributed by atoms with Crippen molar-refractivity contribution in [1.29, 1.82) is 0 Å². The molecule has 0 bridgehead atoms. The quantitative estimate of drug-likeness (QED) is 0.576. The highest BCUT2D eigenvalue weighted by molar-refractivity contribution is 7.89. The van der Waals surface area contributed by atoms with E-state index < -0.39 is 10.0 Å². The summed E-state index contributed by atoms with van der Waals surface area (Å²) in [5.41, 5.74) is 0. The fraction of sp³-hybridized carbons (Fsp3) is 0.600. The third-order valence-electron chi connectivity index (χ3n) is 2.13. The predicted molar refractivity (Wildman–Crippen MR) is 63.0 cm³/mol. The van der Waals surface area contributed by atoms with Gasteiger partial charge in [-0.3, -0.25) is 0 Å². The Kier molecular flexibility index (Phi) is 5.63. The molecule has 1 aromatic heterocycles. The molecule has 98 valence electrons. The van der Waals surface area contributed by atoms with Gasteiger partial charge in [0.05, 0.1) is 6.54 Å². The van der Waals surface area contributed by atoms with Gasteiger partial charge in [0.25, 0.3) is 10.0 Å². The fourth-order valence-electron chi connectivity index (χ4n) is 1.29. The zero-order chi connectivity index (χ0) is 12.7. The van der Waals surface area contributed by atoms with Crippen molar-refractivity contribution in [2.24, 2.45) is 0 Å². The largest absolute Gasteiger partial charge is 0.447 e. The molecule has 7 heteroatoms. The Bertz CT molecular complexity index is 427. The monoisotopic (exact) mass is 262 g/mol. The van der Waals surface area contributed by atoms with Crippen LogP contribution in [0.5, 0.6) is 0 Å². The van der Waals surface area contributed by atoms with Crippen molar-refractivity contribution in [2.75, 3.05) is 20.2 Å². The summed E-state index contributed by atoms with van der Waals surface area (Å²) < 4.78 is 31.0. The molecule has 0 aliphatic heterocycles. The Balaban J connectivity index is 2.56. The van der Waals surface area contributed by atoms with Gasteiger partial charge < -0.3 is 14.8 Å². The third-order valence-corrected chi connectivity index (χ3v) is 3.46. The average molecular weight is 262 g/mol. The summed E-state index contributed by atoms with van der Waals surface area (Å²) in [6, 6.07) is 3.06. The van der Waals surface area contributed by atoms with Crippen molar-refractivity contribution < 1.29 is 17.9 Å². The second-order valence-electron chi connectivity index (χ2n) is 3.58. The van der Waals surface area contributed by atoms with Gasteiger partial charge in [-0.25, -0.2) is 13.1 Å². The van der Waals surface area contributed by atoms with E-state index in [1.807, 2.05) is 0 Å². The number of rotatable bonds is 8. The Morgan fingerprint density at radius 2 is 2.12 bits per heavy atom. The van der Waals surface area contributed by atoms with Crippen LogP contribution in [0.15, 0.2) is 21.6 Å². The minimum Gasteiger partial charge on any atom is -0.447 e. The lowest BCUT2D eigenvalue weighted by atomic mass is 10.3. The van der Waals surface area contributed by atoms with Gasteiger partial charge in [-0.15, -0.1) is 0 Å². The molecule has 0 saturated carbocycles. The molecule has 0 aromatic carbocycles. The van der Waals surface area contributed by atoms with Crippen LogP contribution < -0.4 is 10.0 Å². The summed E-state index contributed by atoms with van der Waals surface area (Å²) in [7, 11) is -1.81. The molecule has 1 heterocycles. The number of hydrogen-bond acceptors (Lipinski definition) is 5. The first-order chi connectivity index (χ1) is 8.10. The van der Waals surface area contributed by atoms with E-state index in [0.29, 0.717) is 31.7 Å². The maximum absolute atomic E-state index is 11.7. The summed E-state index contributed by atoms with van der Waals surface area (Å²) in [6.07, 6.45) is 1.17. The number of nitrogens with one attached hydrogen (secondary N) is 2. The van der Waals surface area contributed by atoms with Crippen LogP contribution >= 0.6 is 0 Å². The predicted octanol–water partition coefficient (Wildman–Crippen LogP) is 0.0498. The second-order valence-corrected chi connectivity index (χ2v) is 5.28. The number of unbranched alkanes of at least 4 members (excludes halogenated alkanes) is 1. The van der Waals surface area contributed by atoms with Gasteiger partial charge in [-0.2, -0.15) is 0 Å². The topological polar surface area (TPSA) is 91.6 Å². The lowest BCUT2D eigenvalue weighted by Gasteiger charge is -2.03. The normalized spacial score (nSPS) is 11.9. The van der Waals surface area contributed by atoms with E-state index >= 15 is 0 Å². The zero-order valence-electron chi connectivity index (χ0n) is 9.77. The molecular formula is C10H18N2O4S. The Morgan fingerprint density at radius 1 is 1.35 bits per heavy atom. The molecule has 3 N–H and O–H groups in total. The number of furan rings is 1. The molecule has 0 atom stereocenters. The lowest BCUT2D eigenvalue weighted by Crippen LogP contribution is -2.24. The van der Waals surface area contributed by atoms with E-state index in [0.717, 1.165) is 0 Å². The van der Waals surface area contributed by atoms with Crippen molar-refractivity contribution >= 4 is 10.0 Å². The number of aliphatic hydroxyl groups excluding tert-OH is 1. The number of sulfonamides is 1. The number of hydrogen-bond donors (Lipinski definition) is 3. The van der Waals surface area contributed by atoms with Crippen molar-refractivity contribution in [3.8, 4) is 0 Å². The van der Waals surface area contributed by atoms with E-state index in [1.165, 1.54) is 6.07 Å². The minimum atomic E-state index is -3.56. The van der Waals surface area contributed by atoms with Crippen LogP contribution in [0.25, 0.3) is 0 Å². The maximum Gasteiger partial charge on any atom is 0.273 e. The fourth-order valence-corrected chi connectivity index (χ4v) is 2.31. The van der Waals surface area contributed by atoms with Gasteiger partial charge in [0.15, 0.2) is 0 Å². The lowest BCUT2D eigenvalue weighted by molar-refractivity contribution is 0.285. The molecule has 0 aliphatic carbocycles. The SMILES string of the molecule is CNCc1ccc(S(=O)(=O)NCCCCO)o1. The van der Waals surface area contributed by atoms with Gasteiger partial charge in [0, 0.05) is 13.2 Å². The first-order valence-electron chi connectivity index (χ1n) is 5.44. The van der Waals surface area contributed by atoms with Crippen molar-refractivity contribution in [2.45, 2.75) is 24.5 Å². The van der Waals surface area contributed by atoms with Crippen molar-refractivity contribution in [3.05, 3.63) is 17.9 Å². The summed E-state index contributed by atoms with van der Waals surface area (Å²) in [5.74, 6) is 0.572. The molecule has 0 aliphatic rings. The van der Waals surface area contributed by atoms with Crippen LogP contribution in [0.1, 0.15) is 18.6 Å². The summed E-state index contributed by atoms with van der Waals surface area (Å²) >= 11 is 0. The standard InChI is InChI=1S/C10H18N2O4S/c1-11-8-9-4-5-10(16-9)17(14,15)12-6-2-3-7-13/h4-5,11-13H,2-3,6-8H2,1H3. The van der Waals surface area contributed by atoms with Crippen molar-refractivity contribution in [3.63, 3.8) is 0 Å². The summed E-state index contributed by atoms with van der Waals surface area (Å²) in [4.78, 5) is 0. The highest BCUT2D eigenvalue weighted by Gasteiger charge is 2.17. The molecule has 1 aromatic rings. The smallest absolute Gasteiger partial charge is 0.273 e. The molecule has 6 nitrogen and oxygen atoms in total. The Labute approximate surface area is 101 Å². The molecule has 0 radical (unpaired) electrons. The van der Waals surface area contributed by atoms with E-state index in [4.69, 9.17) is 9.52 Å². The van der Waals surface area contributed by atoms with Crippen LogP contribution in [0.3, 0.4) is 0 Å². The third kappa shape index (κ3) is 4.47. The van der Waals surface area contributed by atoms with Crippen LogP contribution in [0, 0.1) is 0 Å². The highest BCUT2D eigenvalue weighted by atomic mass is 32.2. The summed E-state index contributed by atoms with van der Waals surface area (Å²) in [6.45, 7) is 0.847. The second kappa shape index (κ2) is 6.75. The molecule has 0 amide bonds. The average Bonchev–Trinajstić information content (AvgIpc) is 2.74. The molecule has 0 spiro atoms. The Morgan fingerprint density at radius 3 is 2.76 bits per heavy atom.